The number of hydrogen-bond donors (Lipinski definition) is 0. The fourth-order valence-corrected chi connectivity index (χ4v) is 18.2. The summed E-state index contributed by atoms with van der Waals surface area (Å²) in [7, 11) is 0. The second kappa shape index (κ2) is 11.0. The van der Waals surface area contributed by atoms with Gasteiger partial charge in [0.2, 0.25) is 0 Å². The summed E-state index contributed by atoms with van der Waals surface area (Å²) in [5.41, 5.74) is 3.55. The van der Waals surface area contributed by atoms with Gasteiger partial charge in [0.25, 0.3) is 0 Å². The molecule has 0 nitrogen and oxygen atoms in total. The van der Waals surface area contributed by atoms with Gasteiger partial charge in [-0.15, -0.1) is 0 Å². The topological polar surface area (TPSA) is 0 Å². The third kappa shape index (κ3) is 3.79. The van der Waals surface area contributed by atoms with E-state index in [1.807, 2.05) is 3.28 Å². The van der Waals surface area contributed by atoms with Crippen molar-refractivity contribution in [2.45, 2.75) is 99.6 Å². The van der Waals surface area contributed by atoms with Crippen LogP contribution in [0.5, 0.6) is 0 Å². The Balaban J connectivity index is 0.00000221. The van der Waals surface area contributed by atoms with Crippen molar-refractivity contribution in [2.75, 3.05) is 0 Å². The number of hydrogen-bond acceptors (Lipinski definition) is 0. The van der Waals surface area contributed by atoms with Crippen LogP contribution in [0.2, 0.25) is 3.63 Å². The molecule has 44 heavy (non-hydrogen) atoms. The third-order valence-electron chi connectivity index (χ3n) is 15.4. The van der Waals surface area contributed by atoms with Gasteiger partial charge in [-0.2, -0.15) is 0 Å². The first-order chi connectivity index (χ1) is 19.4. The first kappa shape index (κ1) is 36.2. The van der Waals surface area contributed by atoms with Gasteiger partial charge in [-0.25, -0.2) is 0 Å². The van der Waals surface area contributed by atoms with E-state index in [0.29, 0.717) is 15.5 Å². The number of halogens is 2. The normalized spacial score (nSPS) is 47.6. The van der Waals surface area contributed by atoms with E-state index in [4.69, 9.17) is 0 Å². The quantitative estimate of drug-likeness (QED) is 0.357. The second-order valence-corrected chi connectivity index (χ2v) is 20.7. The minimum Gasteiger partial charge on any atom is -1.00 e. The first-order valence-corrected chi connectivity index (χ1v) is 19.4. The predicted octanol–water partition coefficient (Wildman–Crippen LogP) is 5.61. The molecule has 6 aliphatic rings. The van der Waals surface area contributed by atoms with Crippen molar-refractivity contribution in [2.24, 2.45) is 55.2 Å². The maximum Gasteiger partial charge on any atom is -1.00 e. The van der Waals surface area contributed by atoms with Crippen molar-refractivity contribution in [1.29, 1.82) is 0 Å². The predicted molar refractivity (Wildman–Crippen MR) is 177 cm³/mol. The van der Waals surface area contributed by atoms with E-state index in [-0.39, 0.29) is 68.1 Å². The van der Waals surface area contributed by atoms with Gasteiger partial charge in [-0.1, -0.05) is 0 Å². The van der Waals surface area contributed by atoms with Crippen LogP contribution in [-0.4, -0.2) is 0 Å². The molecule has 0 aliphatic heterocycles. The fraction of sp³-hybridized carbons (Fsp3) is 0.610. The van der Waals surface area contributed by atoms with Gasteiger partial charge >= 0.3 is 271 Å². The van der Waals surface area contributed by atoms with Crippen molar-refractivity contribution >= 4 is 0 Å². The molecule has 0 aromatic carbocycles. The van der Waals surface area contributed by atoms with E-state index in [1.165, 1.54) is 12.8 Å². The van der Waals surface area contributed by atoms with E-state index in [9.17, 15) is 0 Å². The standard InChI is InChI=1S/C29H37.C12H19.2ClH.Zr/c1-21-14-13-15-22-20-27(6)25(4)18-10-9-16-23(25,2)24(3)17-11-12-19-26(24,5)29(27,8)28(21,22)7;1-5-6-10-7-8-11(9-10)12(2,3)4;;;/h9-20,22H,1-8H3;8-10H,5-6H2,1-4H3;2*1H;/q;;;;+2/p-2. The molecular formula is C41H56Cl2Zr. The zero-order valence-electron chi connectivity index (χ0n) is 29.4. The van der Waals surface area contributed by atoms with Gasteiger partial charge in [0.15, 0.2) is 0 Å². The minimum atomic E-state index is -1.05. The van der Waals surface area contributed by atoms with Crippen LogP contribution >= 0.6 is 0 Å². The van der Waals surface area contributed by atoms with E-state index in [1.54, 1.807) is 11.1 Å². The largest absolute Gasteiger partial charge is 1.00 e. The molecule has 0 aromatic rings. The van der Waals surface area contributed by atoms with E-state index in [2.05, 4.69) is 162 Å². The summed E-state index contributed by atoms with van der Waals surface area (Å²) in [6.07, 6.45) is 35.6. The van der Waals surface area contributed by atoms with Crippen LogP contribution < -0.4 is 24.8 Å². The molecule has 0 amide bonds. The minimum absolute atomic E-state index is 0. The zero-order chi connectivity index (χ0) is 30.8. The molecule has 0 radical (unpaired) electrons. The summed E-state index contributed by atoms with van der Waals surface area (Å²) in [4.78, 5) is 0. The van der Waals surface area contributed by atoms with E-state index in [0.717, 1.165) is 0 Å². The summed E-state index contributed by atoms with van der Waals surface area (Å²) in [6.45, 7) is 30.9. The fourth-order valence-electron chi connectivity index (χ4n) is 12.0. The van der Waals surface area contributed by atoms with Crippen molar-refractivity contribution in [1.82, 2.24) is 0 Å². The van der Waals surface area contributed by atoms with Crippen molar-refractivity contribution in [3.05, 3.63) is 93.4 Å². The van der Waals surface area contributed by atoms with Gasteiger partial charge < -0.3 is 24.8 Å². The van der Waals surface area contributed by atoms with Crippen LogP contribution in [0.25, 0.3) is 0 Å². The van der Waals surface area contributed by atoms with Crippen LogP contribution in [-0.2, 0) is 23.2 Å². The van der Waals surface area contributed by atoms with Crippen molar-refractivity contribution in [3.63, 3.8) is 0 Å². The monoisotopic (exact) mass is 708 g/mol. The number of allylic oxidation sites excluding steroid dienone is 16. The maximum absolute atomic E-state index is 2.80. The number of rotatable bonds is 4. The third-order valence-corrected chi connectivity index (χ3v) is 20.5. The molecule has 10 atom stereocenters. The molecule has 6 rings (SSSR count). The number of fused-ring (bicyclic) bond motifs is 8. The molecule has 10 unspecified atom stereocenters. The molecule has 0 aromatic heterocycles. The zero-order valence-corrected chi connectivity index (χ0v) is 33.4. The molecule has 2 fully saturated rings. The SMILES string of the molecule is CCCC1C=C(C(C)(C)C)C=[C]1[Zr+2][CH]1C2C=CC=C(C)C2(C)C2(C)C3(C)C=CC=CC3(C)C3(C)C=CC=CC3(C)C12C.[Cl-].[Cl-]. The molecule has 238 valence electrons. The van der Waals surface area contributed by atoms with Crippen LogP contribution in [0.4, 0.5) is 0 Å². The summed E-state index contributed by atoms with van der Waals surface area (Å²) in [5, 5.41) is 0. The Labute approximate surface area is 294 Å². The smallest absolute Gasteiger partial charge is 1.00 e. The summed E-state index contributed by atoms with van der Waals surface area (Å²) < 4.78 is 2.55. The molecule has 0 saturated heterocycles. The van der Waals surface area contributed by atoms with Crippen LogP contribution in [0.1, 0.15) is 95.9 Å². The Morgan fingerprint density at radius 3 is 1.82 bits per heavy atom. The van der Waals surface area contributed by atoms with Gasteiger partial charge in [0, 0.05) is 0 Å². The van der Waals surface area contributed by atoms with Gasteiger partial charge in [0.05, 0.1) is 0 Å². The molecule has 3 heteroatoms. The van der Waals surface area contributed by atoms with E-state index < -0.39 is 23.2 Å². The maximum atomic E-state index is 2.80. The molecule has 0 heterocycles. The van der Waals surface area contributed by atoms with Gasteiger partial charge in [-0.05, 0) is 0 Å². The summed E-state index contributed by atoms with van der Waals surface area (Å²) in [5.74, 6) is 1.20. The van der Waals surface area contributed by atoms with Crippen LogP contribution in [0.3, 0.4) is 0 Å². The average molecular weight is 711 g/mol. The van der Waals surface area contributed by atoms with E-state index >= 15 is 0 Å². The first-order valence-electron chi connectivity index (χ1n) is 16.7. The van der Waals surface area contributed by atoms with Gasteiger partial charge in [0.1, 0.15) is 0 Å². The Morgan fingerprint density at radius 2 is 1.27 bits per heavy atom. The van der Waals surface area contributed by atoms with Crippen molar-refractivity contribution < 1.29 is 48.0 Å². The second-order valence-electron chi connectivity index (χ2n) is 17.0. The Kier molecular flexibility index (Phi) is 9.02. The Morgan fingerprint density at radius 1 is 0.750 bits per heavy atom. The average Bonchev–Trinajstić information content (AvgIpc) is 3.40. The van der Waals surface area contributed by atoms with Crippen LogP contribution in [0, 0.1) is 55.2 Å². The molecule has 0 N–H and O–H groups in total. The Bertz CT molecular complexity index is 1450. The van der Waals surface area contributed by atoms with Gasteiger partial charge in [-0.3, -0.25) is 0 Å². The molecular weight excluding hydrogens is 655 g/mol. The molecule has 2 saturated carbocycles. The van der Waals surface area contributed by atoms with Crippen molar-refractivity contribution in [3.8, 4) is 0 Å². The molecule has 0 spiro atoms. The summed E-state index contributed by atoms with van der Waals surface area (Å²) in [6, 6.07) is 0. The summed E-state index contributed by atoms with van der Waals surface area (Å²) >= 11 is -1.05. The molecule has 0 bridgehead atoms. The van der Waals surface area contributed by atoms with Crippen LogP contribution in [0.15, 0.2) is 93.4 Å². The Hall–Kier alpha value is -0.617. The molecule has 6 aliphatic carbocycles.